The zero-order chi connectivity index (χ0) is 21.5. The third kappa shape index (κ3) is 24.4. The number of ether oxygens (including phenoxy) is 4. The van der Waals surface area contributed by atoms with Gasteiger partial charge in [0.15, 0.2) is 0 Å². The molecule has 10 nitrogen and oxygen atoms in total. The molecule has 0 aromatic rings. The Morgan fingerprint density at radius 3 is 1.72 bits per heavy atom. The maximum Gasteiger partial charge on any atom is 0.334 e. The van der Waals surface area contributed by atoms with Crippen molar-refractivity contribution in [1.82, 2.24) is 5.06 Å². The molecule has 0 saturated heterocycles. The smallest absolute Gasteiger partial charge is 0.334 e. The van der Waals surface area contributed by atoms with Crippen LogP contribution in [0.4, 0.5) is 0 Å². The summed E-state index contributed by atoms with van der Waals surface area (Å²) in [6, 6.07) is 0. The van der Waals surface area contributed by atoms with Crippen LogP contribution in [0.3, 0.4) is 0 Å². The standard InChI is InChI=1S/C16H30N2O8.C2H6.CH4/c1-18(15(20)3-2-6-19)26-16(21)4-7-22-9-11-24-13-14-25-12-10-23-8-5-17;1-2;/h6H,2-5,7-14,17H2,1H3;1-2H3;1H4. The highest BCUT2D eigenvalue weighted by Crippen LogP contribution is 1.98. The van der Waals surface area contributed by atoms with Crippen molar-refractivity contribution in [2.75, 3.05) is 66.4 Å². The van der Waals surface area contributed by atoms with Gasteiger partial charge in [0.1, 0.15) is 6.29 Å². The summed E-state index contributed by atoms with van der Waals surface area (Å²) in [6.07, 6.45) is 0.743. The SMILES string of the molecule is C.CC.CN(OC(=O)CCOCCOCCOCCOCCN)C(=O)CCC=O. The molecule has 174 valence electrons. The lowest BCUT2D eigenvalue weighted by Gasteiger charge is -2.15. The third-order valence-corrected chi connectivity index (χ3v) is 2.89. The molecule has 0 heterocycles. The molecule has 29 heavy (non-hydrogen) atoms. The van der Waals surface area contributed by atoms with E-state index in [1.807, 2.05) is 13.8 Å². The van der Waals surface area contributed by atoms with Crippen LogP contribution >= 0.6 is 0 Å². The lowest BCUT2D eigenvalue weighted by molar-refractivity contribution is -0.193. The lowest BCUT2D eigenvalue weighted by Crippen LogP contribution is -2.30. The monoisotopic (exact) mass is 424 g/mol. The van der Waals surface area contributed by atoms with Crippen LogP contribution in [-0.4, -0.2) is 89.7 Å². The van der Waals surface area contributed by atoms with E-state index in [2.05, 4.69) is 0 Å². The van der Waals surface area contributed by atoms with E-state index in [9.17, 15) is 14.4 Å². The van der Waals surface area contributed by atoms with Gasteiger partial charge >= 0.3 is 5.97 Å². The maximum atomic E-state index is 11.5. The number of aldehydes is 1. The second-order valence-corrected chi connectivity index (χ2v) is 5.05. The molecule has 0 radical (unpaired) electrons. The maximum absolute atomic E-state index is 11.5. The molecule has 0 saturated carbocycles. The predicted octanol–water partition coefficient (Wildman–Crippen LogP) is 0.960. The third-order valence-electron chi connectivity index (χ3n) is 2.89. The van der Waals surface area contributed by atoms with Gasteiger partial charge in [-0.2, -0.15) is 5.06 Å². The van der Waals surface area contributed by atoms with E-state index in [1.54, 1.807) is 0 Å². The summed E-state index contributed by atoms with van der Waals surface area (Å²) in [5, 5.41) is 0.829. The van der Waals surface area contributed by atoms with Gasteiger partial charge in [0.2, 0.25) is 0 Å². The summed E-state index contributed by atoms with van der Waals surface area (Å²) in [5.74, 6) is -1.02. The van der Waals surface area contributed by atoms with Crippen LogP contribution in [0.15, 0.2) is 0 Å². The molecule has 0 aromatic heterocycles. The summed E-state index contributed by atoms with van der Waals surface area (Å²) in [6.45, 7) is 7.80. The van der Waals surface area contributed by atoms with Crippen molar-refractivity contribution in [3.8, 4) is 0 Å². The van der Waals surface area contributed by atoms with Crippen LogP contribution < -0.4 is 5.73 Å². The quantitative estimate of drug-likeness (QED) is 0.206. The fourth-order valence-electron chi connectivity index (χ4n) is 1.59. The molecular formula is C19H40N2O8. The Balaban J connectivity index is -0.00000218. The van der Waals surface area contributed by atoms with E-state index >= 15 is 0 Å². The van der Waals surface area contributed by atoms with Gasteiger partial charge in [-0.3, -0.25) is 4.79 Å². The molecule has 0 aliphatic rings. The van der Waals surface area contributed by atoms with Crippen molar-refractivity contribution in [3.05, 3.63) is 0 Å². The molecule has 0 aromatic carbocycles. The highest BCUT2D eigenvalue weighted by atomic mass is 16.7. The average molecular weight is 425 g/mol. The first-order valence-corrected chi connectivity index (χ1v) is 9.53. The highest BCUT2D eigenvalue weighted by molar-refractivity contribution is 5.79. The number of rotatable bonds is 17. The summed E-state index contributed by atoms with van der Waals surface area (Å²) in [7, 11) is 1.33. The average Bonchev–Trinajstić information content (AvgIpc) is 2.71. The molecule has 0 atom stereocenters. The van der Waals surface area contributed by atoms with E-state index in [4.69, 9.17) is 29.5 Å². The molecule has 0 fully saturated rings. The predicted molar refractivity (Wildman–Crippen MR) is 109 cm³/mol. The zero-order valence-corrected chi connectivity index (χ0v) is 17.4. The topological polar surface area (TPSA) is 127 Å². The number of carbonyl (C=O) groups is 3. The second kappa shape index (κ2) is 26.4. The number of hydrogen-bond acceptors (Lipinski definition) is 9. The van der Waals surface area contributed by atoms with Crippen molar-refractivity contribution in [1.29, 1.82) is 0 Å². The Labute approximate surface area is 174 Å². The number of hydrogen-bond donors (Lipinski definition) is 1. The number of nitrogens with zero attached hydrogens (tertiary/aromatic N) is 1. The van der Waals surface area contributed by atoms with Crippen LogP contribution in [0.2, 0.25) is 0 Å². The molecular weight excluding hydrogens is 384 g/mol. The van der Waals surface area contributed by atoms with Crippen molar-refractivity contribution in [3.63, 3.8) is 0 Å². The minimum Gasteiger partial charge on any atom is -0.378 e. The first-order valence-electron chi connectivity index (χ1n) is 9.53. The number of amides is 1. The lowest BCUT2D eigenvalue weighted by atomic mass is 10.3. The molecule has 0 unspecified atom stereocenters. The van der Waals surface area contributed by atoms with E-state index in [0.717, 1.165) is 5.06 Å². The summed E-state index contributed by atoms with van der Waals surface area (Å²) in [4.78, 5) is 37.9. The van der Waals surface area contributed by atoms with Crippen LogP contribution in [0.25, 0.3) is 0 Å². The zero-order valence-electron chi connectivity index (χ0n) is 17.4. The Bertz CT molecular complexity index is 383. The first-order chi connectivity index (χ1) is 13.6. The molecule has 10 heteroatoms. The summed E-state index contributed by atoms with van der Waals surface area (Å²) >= 11 is 0. The van der Waals surface area contributed by atoms with E-state index in [1.165, 1.54) is 7.05 Å². The van der Waals surface area contributed by atoms with Crippen LogP contribution in [-0.2, 0) is 38.2 Å². The second-order valence-electron chi connectivity index (χ2n) is 5.05. The van der Waals surface area contributed by atoms with Gasteiger partial charge in [-0.05, 0) is 0 Å². The van der Waals surface area contributed by atoms with Gasteiger partial charge in [0.25, 0.3) is 5.91 Å². The van der Waals surface area contributed by atoms with E-state index in [-0.39, 0.29) is 33.3 Å². The van der Waals surface area contributed by atoms with Crippen molar-refractivity contribution < 1.29 is 38.2 Å². The Kier molecular flexibility index (Phi) is 29.2. The molecule has 0 aliphatic heterocycles. The first kappa shape index (κ1) is 32.1. The number of hydroxylamine groups is 2. The van der Waals surface area contributed by atoms with Crippen LogP contribution in [0.1, 0.15) is 40.5 Å². The normalized spacial score (nSPS) is 9.66. The Morgan fingerprint density at radius 1 is 0.828 bits per heavy atom. The van der Waals surface area contributed by atoms with Gasteiger partial charge in [-0.25, -0.2) is 4.79 Å². The Morgan fingerprint density at radius 2 is 1.28 bits per heavy atom. The van der Waals surface area contributed by atoms with Crippen LogP contribution in [0, 0.1) is 0 Å². The van der Waals surface area contributed by atoms with Crippen LogP contribution in [0.5, 0.6) is 0 Å². The molecule has 0 bridgehead atoms. The number of carbonyl (C=O) groups excluding carboxylic acids is 3. The fraction of sp³-hybridized carbons (Fsp3) is 0.842. The molecule has 2 N–H and O–H groups in total. The van der Waals surface area contributed by atoms with Gasteiger partial charge in [0.05, 0.1) is 59.3 Å². The number of nitrogens with two attached hydrogens (primary N) is 1. The largest absolute Gasteiger partial charge is 0.378 e. The minimum absolute atomic E-state index is 0. The van der Waals surface area contributed by atoms with Crippen molar-refractivity contribution in [2.45, 2.75) is 40.5 Å². The van der Waals surface area contributed by atoms with Gasteiger partial charge < -0.3 is 34.3 Å². The van der Waals surface area contributed by atoms with Crippen molar-refractivity contribution >= 4 is 18.2 Å². The van der Waals surface area contributed by atoms with E-state index in [0.29, 0.717) is 59.1 Å². The molecule has 0 spiro atoms. The molecule has 0 aliphatic carbocycles. The summed E-state index contributed by atoms with van der Waals surface area (Å²) in [5.41, 5.74) is 5.27. The molecule has 0 rings (SSSR count). The van der Waals surface area contributed by atoms with Gasteiger partial charge in [0, 0.05) is 26.4 Å². The van der Waals surface area contributed by atoms with Gasteiger partial charge in [-0.1, -0.05) is 21.3 Å². The minimum atomic E-state index is -0.585. The summed E-state index contributed by atoms with van der Waals surface area (Å²) < 4.78 is 20.9. The van der Waals surface area contributed by atoms with Crippen molar-refractivity contribution in [2.24, 2.45) is 5.73 Å². The van der Waals surface area contributed by atoms with Gasteiger partial charge in [-0.15, -0.1) is 0 Å². The van der Waals surface area contributed by atoms with E-state index < -0.39 is 11.9 Å². The highest BCUT2D eigenvalue weighted by Gasteiger charge is 2.13. The fourth-order valence-corrected chi connectivity index (χ4v) is 1.59. The molecule has 1 amide bonds. The Hall–Kier alpha value is -1.59.